The van der Waals surface area contributed by atoms with Crippen LogP contribution >= 0.6 is 15.9 Å². The molecule has 0 aliphatic rings. The number of benzene rings is 1. The molecule has 0 spiro atoms. The van der Waals surface area contributed by atoms with E-state index in [4.69, 9.17) is 0 Å². The van der Waals surface area contributed by atoms with Crippen LogP contribution < -0.4 is 0 Å². The van der Waals surface area contributed by atoms with Crippen LogP contribution in [0.5, 0.6) is 0 Å². The maximum Gasteiger partial charge on any atom is 0.302 e. The van der Waals surface area contributed by atoms with Crippen LogP contribution in [-0.2, 0) is 16.6 Å². The van der Waals surface area contributed by atoms with Gasteiger partial charge in [0.1, 0.15) is 0 Å². The lowest BCUT2D eigenvalue weighted by atomic mass is 10.2. The molecule has 13 heavy (non-hydrogen) atoms. The van der Waals surface area contributed by atoms with Gasteiger partial charge in [0.2, 0.25) is 0 Å². The fourth-order valence-electron chi connectivity index (χ4n) is 0.891. The largest absolute Gasteiger partial charge is 0.302 e. The maximum atomic E-state index is 12.1. The van der Waals surface area contributed by atoms with Gasteiger partial charge in [0.05, 0.1) is 5.75 Å². The van der Waals surface area contributed by atoms with Crippen molar-refractivity contribution in [3.05, 3.63) is 34.3 Å². The lowest BCUT2D eigenvalue weighted by Crippen LogP contribution is -2.01. The highest BCUT2D eigenvalue weighted by Gasteiger charge is 2.06. The monoisotopic (exact) mass is 266 g/mol. The highest BCUT2D eigenvalue weighted by molar-refractivity contribution is 9.10. The SMILES string of the molecule is O=S(=O)(F)CCc1ccc(Br)cc1. The molecule has 0 amide bonds. The van der Waals surface area contributed by atoms with E-state index < -0.39 is 16.0 Å². The molecule has 0 unspecified atom stereocenters. The Balaban J connectivity index is 2.61. The summed E-state index contributed by atoms with van der Waals surface area (Å²) in [6, 6.07) is 7.10. The van der Waals surface area contributed by atoms with Crippen molar-refractivity contribution >= 4 is 26.2 Å². The van der Waals surface area contributed by atoms with Crippen LogP contribution in [0.15, 0.2) is 28.7 Å². The normalized spacial score (nSPS) is 11.5. The van der Waals surface area contributed by atoms with E-state index in [0.717, 1.165) is 10.0 Å². The third kappa shape index (κ3) is 4.38. The van der Waals surface area contributed by atoms with Crippen molar-refractivity contribution in [2.45, 2.75) is 6.42 Å². The first kappa shape index (κ1) is 10.7. The second-order valence-electron chi connectivity index (χ2n) is 2.62. The van der Waals surface area contributed by atoms with Crippen molar-refractivity contribution in [2.75, 3.05) is 5.75 Å². The van der Waals surface area contributed by atoms with Crippen LogP contribution in [0.4, 0.5) is 3.89 Å². The zero-order valence-corrected chi connectivity index (χ0v) is 9.11. The van der Waals surface area contributed by atoms with Gasteiger partial charge in [-0.3, -0.25) is 0 Å². The summed E-state index contributed by atoms with van der Waals surface area (Å²) in [7, 11) is -4.34. The van der Waals surface area contributed by atoms with Crippen molar-refractivity contribution in [3.63, 3.8) is 0 Å². The first-order chi connectivity index (χ1) is 5.97. The smallest absolute Gasteiger partial charge is 0.195 e. The van der Waals surface area contributed by atoms with Crippen molar-refractivity contribution in [2.24, 2.45) is 0 Å². The van der Waals surface area contributed by atoms with Gasteiger partial charge in [0.15, 0.2) is 0 Å². The Hall–Kier alpha value is -0.420. The van der Waals surface area contributed by atoms with E-state index in [9.17, 15) is 12.3 Å². The lowest BCUT2D eigenvalue weighted by Gasteiger charge is -1.97. The number of aryl methyl sites for hydroxylation is 1. The highest BCUT2D eigenvalue weighted by Crippen LogP contribution is 2.11. The summed E-state index contributed by atoms with van der Waals surface area (Å²) in [6.07, 6.45) is 0.214. The Morgan fingerprint density at radius 2 is 1.77 bits per heavy atom. The maximum absolute atomic E-state index is 12.1. The van der Waals surface area contributed by atoms with Crippen LogP contribution in [0.3, 0.4) is 0 Å². The molecular formula is C8H8BrFO2S. The minimum atomic E-state index is -4.34. The number of halogens is 2. The average Bonchev–Trinajstić information content (AvgIpc) is 2.02. The van der Waals surface area contributed by atoms with Crippen LogP contribution in [0, 0.1) is 0 Å². The Morgan fingerprint density at radius 1 is 1.23 bits per heavy atom. The van der Waals surface area contributed by atoms with Gasteiger partial charge in [-0.2, -0.15) is 8.42 Å². The van der Waals surface area contributed by atoms with Gasteiger partial charge in [0.25, 0.3) is 0 Å². The molecule has 0 N–H and O–H groups in total. The zero-order valence-electron chi connectivity index (χ0n) is 6.70. The Morgan fingerprint density at radius 3 is 2.23 bits per heavy atom. The molecular weight excluding hydrogens is 259 g/mol. The van der Waals surface area contributed by atoms with E-state index in [1.165, 1.54) is 0 Å². The van der Waals surface area contributed by atoms with Crippen LogP contribution in [0.1, 0.15) is 5.56 Å². The molecule has 0 bridgehead atoms. The zero-order chi connectivity index (χ0) is 9.90. The van der Waals surface area contributed by atoms with Crippen LogP contribution in [0.25, 0.3) is 0 Å². The summed E-state index contributed by atoms with van der Waals surface area (Å²) >= 11 is 3.24. The fraction of sp³-hybridized carbons (Fsp3) is 0.250. The summed E-state index contributed by atoms with van der Waals surface area (Å²) in [5, 5.41) is 0. The van der Waals surface area contributed by atoms with Gasteiger partial charge < -0.3 is 0 Å². The van der Waals surface area contributed by atoms with E-state index in [1.807, 2.05) is 0 Å². The quantitative estimate of drug-likeness (QED) is 0.787. The van der Waals surface area contributed by atoms with Gasteiger partial charge in [0, 0.05) is 4.47 Å². The lowest BCUT2D eigenvalue weighted by molar-refractivity contribution is 0.551. The molecule has 0 saturated carbocycles. The first-order valence-corrected chi connectivity index (χ1v) is 5.99. The number of hydrogen-bond donors (Lipinski definition) is 0. The first-order valence-electron chi connectivity index (χ1n) is 3.64. The van der Waals surface area contributed by atoms with Crippen molar-refractivity contribution in [1.82, 2.24) is 0 Å². The minimum absolute atomic E-state index is 0.214. The minimum Gasteiger partial charge on any atom is -0.195 e. The van der Waals surface area contributed by atoms with Crippen molar-refractivity contribution in [3.8, 4) is 0 Å². The summed E-state index contributed by atoms with van der Waals surface area (Å²) in [5.41, 5.74) is 0.810. The summed E-state index contributed by atoms with van der Waals surface area (Å²) in [5.74, 6) is -0.450. The third-order valence-corrected chi connectivity index (χ3v) is 2.77. The molecule has 0 fully saturated rings. The van der Waals surface area contributed by atoms with Crippen molar-refractivity contribution < 1.29 is 12.3 Å². The Kier molecular flexibility index (Phi) is 3.44. The fourth-order valence-corrected chi connectivity index (χ4v) is 1.63. The van der Waals surface area contributed by atoms with E-state index in [2.05, 4.69) is 15.9 Å². The average molecular weight is 267 g/mol. The molecule has 0 aromatic heterocycles. The van der Waals surface area contributed by atoms with E-state index in [-0.39, 0.29) is 6.42 Å². The van der Waals surface area contributed by atoms with E-state index in [0.29, 0.717) is 0 Å². The molecule has 5 heteroatoms. The van der Waals surface area contributed by atoms with Crippen LogP contribution in [-0.4, -0.2) is 14.2 Å². The molecule has 2 nitrogen and oxygen atoms in total. The third-order valence-electron chi connectivity index (χ3n) is 1.55. The number of rotatable bonds is 3. The molecule has 0 aliphatic carbocycles. The second-order valence-corrected chi connectivity index (χ2v) is 5.02. The summed E-state index contributed by atoms with van der Waals surface area (Å²) in [6.45, 7) is 0. The highest BCUT2D eigenvalue weighted by atomic mass is 79.9. The van der Waals surface area contributed by atoms with Gasteiger partial charge in [-0.1, -0.05) is 28.1 Å². The molecule has 0 heterocycles. The van der Waals surface area contributed by atoms with Gasteiger partial charge in [-0.05, 0) is 24.1 Å². The topological polar surface area (TPSA) is 34.1 Å². The van der Waals surface area contributed by atoms with E-state index >= 15 is 0 Å². The second kappa shape index (κ2) is 4.19. The Labute approximate surface area is 85.1 Å². The van der Waals surface area contributed by atoms with Gasteiger partial charge in [-0.15, -0.1) is 3.89 Å². The number of hydrogen-bond acceptors (Lipinski definition) is 2. The Bertz CT molecular complexity index is 372. The van der Waals surface area contributed by atoms with Gasteiger partial charge in [-0.25, -0.2) is 0 Å². The molecule has 1 aromatic rings. The molecule has 0 atom stereocenters. The molecule has 0 radical (unpaired) electrons. The molecule has 0 aliphatic heterocycles. The molecule has 72 valence electrons. The molecule has 1 rings (SSSR count). The standard InChI is InChI=1S/C8H8BrFO2S/c9-8-3-1-7(2-4-8)5-6-13(10,11)12/h1-4H,5-6H2. The van der Waals surface area contributed by atoms with Crippen molar-refractivity contribution in [1.29, 1.82) is 0 Å². The molecule has 0 saturated heterocycles. The summed E-state index contributed by atoms with van der Waals surface area (Å²) in [4.78, 5) is 0. The van der Waals surface area contributed by atoms with Gasteiger partial charge >= 0.3 is 10.2 Å². The van der Waals surface area contributed by atoms with Crippen LogP contribution in [0.2, 0.25) is 0 Å². The predicted molar refractivity (Wildman–Crippen MR) is 52.7 cm³/mol. The summed E-state index contributed by atoms with van der Waals surface area (Å²) < 4.78 is 33.4. The van der Waals surface area contributed by atoms with E-state index in [1.54, 1.807) is 24.3 Å². The predicted octanol–water partition coefficient (Wildman–Crippen LogP) is 2.29. The molecule has 1 aromatic carbocycles.